The fraction of sp³-hybridized carbons (Fsp3) is 0.875. The third-order valence-corrected chi connectivity index (χ3v) is 2.49. The van der Waals surface area contributed by atoms with E-state index in [4.69, 9.17) is 15.6 Å². The molecule has 1 saturated heterocycles. The molecule has 4 nitrogen and oxygen atoms in total. The van der Waals surface area contributed by atoms with E-state index in [9.17, 15) is 4.79 Å². The Kier molecular flexibility index (Phi) is 2.69. The Labute approximate surface area is 71.7 Å². The van der Waals surface area contributed by atoms with Gasteiger partial charge in [0.25, 0.3) is 0 Å². The van der Waals surface area contributed by atoms with Crippen LogP contribution in [-0.4, -0.2) is 30.3 Å². The minimum absolute atomic E-state index is 0.385. The Morgan fingerprint density at radius 1 is 1.75 bits per heavy atom. The number of carboxylic acid groups (broad SMARTS) is 1. The molecule has 12 heavy (non-hydrogen) atoms. The van der Waals surface area contributed by atoms with Crippen LogP contribution in [0.1, 0.15) is 19.8 Å². The zero-order valence-electron chi connectivity index (χ0n) is 7.25. The molecule has 1 fully saturated rings. The molecule has 0 aromatic carbocycles. The van der Waals surface area contributed by atoms with Crippen molar-refractivity contribution < 1.29 is 14.6 Å². The van der Waals surface area contributed by atoms with Crippen molar-refractivity contribution in [2.24, 2.45) is 11.1 Å². The molecule has 1 rings (SSSR count). The van der Waals surface area contributed by atoms with E-state index < -0.39 is 12.0 Å². The summed E-state index contributed by atoms with van der Waals surface area (Å²) in [4.78, 5) is 10.6. The van der Waals surface area contributed by atoms with Gasteiger partial charge in [-0.25, -0.2) is 0 Å². The molecule has 0 aliphatic carbocycles. The molecule has 0 amide bonds. The quantitative estimate of drug-likeness (QED) is 0.626. The maximum Gasteiger partial charge on any atom is 0.321 e. The summed E-state index contributed by atoms with van der Waals surface area (Å²) in [5.74, 6) is -0.942. The number of ether oxygens (including phenoxy) is 1. The standard InChI is InChI=1S/C8H15NO3/c1-8(6(9)7(10)11)3-2-4-12-5-8/h6H,2-5,9H2,1H3,(H,10,11). The first kappa shape index (κ1) is 9.48. The van der Waals surface area contributed by atoms with Crippen LogP contribution in [0.2, 0.25) is 0 Å². The molecule has 0 aromatic rings. The van der Waals surface area contributed by atoms with E-state index in [1.165, 1.54) is 0 Å². The molecular weight excluding hydrogens is 158 g/mol. The molecule has 3 N–H and O–H groups in total. The fourth-order valence-corrected chi connectivity index (χ4v) is 1.50. The molecule has 2 atom stereocenters. The summed E-state index contributed by atoms with van der Waals surface area (Å²) in [5.41, 5.74) is 5.16. The van der Waals surface area contributed by atoms with E-state index in [2.05, 4.69) is 0 Å². The van der Waals surface area contributed by atoms with Crippen LogP contribution in [0.3, 0.4) is 0 Å². The summed E-state index contributed by atoms with van der Waals surface area (Å²) in [7, 11) is 0. The lowest BCUT2D eigenvalue weighted by Crippen LogP contribution is -2.49. The Morgan fingerprint density at radius 3 is 2.83 bits per heavy atom. The molecule has 4 heteroatoms. The van der Waals surface area contributed by atoms with Crippen molar-refractivity contribution in [2.75, 3.05) is 13.2 Å². The van der Waals surface area contributed by atoms with Crippen molar-refractivity contribution in [1.82, 2.24) is 0 Å². The van der Waals surface area contributed by atoms with Gasteiger partial charge in [0, 0.05) is 12.0 Å². The van der Waals surface area contributed by atoms with Gasteiger partial charge in [-0.2, -0.15) is 0 Å². The Balaban J connectivity index is 2.62. The predicted molar refractivity (Wildman–Crippen MR) is 43.8 cm³/mol. The average molecular weight is 173 g/mol. The van der Waals surface area contributed by atoms with E-state index in [1.54, 1.807) is 0 Å². The van der Waals surface area contributed by atoms with Crippen molar-refractivity contribution in [3.63, 3.8) is 0 Å². The summed E-state index contributed by atoms with van der Waals surface area (Å²) in [6.07, 6.45) is 1.73. The topological polar surface area (TPSA) is 72.6 Å². The molecule has 2 unspecified atom stereocenters. The van der Waals surface area contributed by atoms with Gasteiger partial charge >= 0.3 is 5.97 Å². The van der Waals surface area contributed by atoms with E-state index in [0.717, 1.165) is 19.4 Å². The van der Waals surface area contributed by atoms with Crippen molar-refractivity contribution in [3.8, 4) is 0 Å². The normalized spacial score (nSPS) is 32.8. The number of carbonyl (C=O) groups is 1. The summed E-state index contributed by atoms with van der Waals surface area (Å²) in [6, 6.07) is -0.808. The first-order valence-electron chi connectivity index (χ1n) is 4.12. The highest BCUT2D eigenvalue weighted by Gasteiger charge is 2.38. The van der Waals surface area contributed by atoms with Crippen molar-refractivity contribution in [1.29, 1.82) is 0 Å². The Hall–Kier alpha value is -0.610. The molecule has 0 radical (unpaired) electrons. The van der Waals surface area contributed by atoms with Crippen LogP contribution in [0.4, 0.5) is 0 Å². The van der Waals surface area contributed by atoms with E-state index >= 15 is 0 Å². The molecule has 0 spiro atoms. The maximum absolute atomic E-state index is 10.6. The van der Waals surface area contributed by atoms with Crippen molar-refractivity contribution in [3.05, 3.63) is 0 Å². The van der Waals surface area contributed by atoms with Crippen LogP contribution >= 0.6 is 0 Å². The third-order valence-electron chi connectivity index (χ3n) is 2.49. The number of hydrogen-bond acceptors (Lipinski definition) is 3. The SMILES string of the molecule is CC1(C(N)C(=O)O)CCCOC1. The summed E-state index contributed by atoms with van der Waals surface area (Å²) in [5, 5.41) is 8.72. The number of carboxylic acids is 1. The van der Waals surface area contributed by atoms with Gasteiger partial charge < -0.3 is 15.6 Å². The first-order valence-corrected chi connectivity index (χ1v) is 4.12. The average Bonchev–Trinajstić information content (AvgIpc) is 2.04. The third kappa shape index (κ3) is 1.76. The van der Waals surface area contributed by atoms with Gasteiger partial charge in [-0.1, -0.05) is 6.92 Å². The van der Waals surface area contributed by atoms with Crippen LogP contribution in [0.5, 0.6) is 0 Å². The fourth-order valence-electron chi connectivity index (χ4n) is 1.50. The van der Waals surface area contributed by atoms with E-state index in [1.807, 2.05) is 6.92 Å². The van der Waals surface area contributed by atoms with Gasteiger partial charge in [-0.05, 0) is 12.8 Å². The molecule has 1 heterocycles. The predicted octanol–water partition coefficient (Wildman–Crippen LogP) is 0.215. The number of aliphatic carboxylic acids is 1. The van der Waals surface area contributed by atoms with Crippen LogP contribution in [0.25, 0.3) is 0 Å². The molecule has 1 aliphatic rings. The summed E-state index contributed by atoms with van der Waals surface area (Å²) < 4.78 is 5.21. The minimum Gasteiger partial charge on any atom is -0.480 e. The highest BCUT2D eigenvalue weighted by molar-refractivity contribution is 5.74. The molecule has 0 aromatic heterocycles. The molecular formula is C8H15NO3. The minimum atomic E-state index is -0.942. The lowest BCUT2D eigenvalue weighted by Gasteiger charge is -2.36. The van der Waals surface area contributed by atoms with Crippen molar-refractivity contribution >= 4 is 5.97 Å². The smallest absolute Gasteiger partial charge is 0.321 e. The number of nitrogens with two attached hydrogens (primary N) is 1. The zero-order chi connectivity index (χ0) is 9.19. The van der Waals surface area contributed by atoms with E-state index in [-0.39, 0.29) is 5.41 Å². The highest BCUT2D eigenvalue weighted by Crippen LogP contribution is 2.30. The van der Waals surface area contributed by atoms with Gasteiger partial charge in [0.2, 0.25) is 0 Å². The van der Waals surface area contributed by atoms with Crippen LogP contribution in [0, 0.1) is 5.41 Å². The summed E-state index contributed by atoms with van der Waals surface area (Å²) in [6.45, 7) is 3.05. The van der Waals surface area contributed by atoms with Gasteiger partial charge in [0.15, 0.2) is 0 Å². The largest absolute Gasteiger partial charge is 0.480 e. The van der Waals surface area contributed by atoms with Crippen molar-refractivity contribution in [2.45, 2.75) is 25.8 Å². The molecule has 70 valence electrons. The first-order chi connectivity index (χ1) is 5.56. The Bertz CT molecular complexity index is 175. The van der Waals surface area contributed by atoms with Gasteiger partial charge in [-0.15, -0.1) is 0 Å². The monoisotopic (exact) mass is 173 g/mol. The van der Waals surface area contributed by atoms with E-state index in [0.29, 0.717) is 6.61 Å². The highest BCUT2D eigenvalue weighted by atomic mass is 16.5. The van der Waals surface area contributed by atoms with Crippen LogP contribution < -0.4 is 5.73 Å². The Morgan fingerprint density at radius 2 is 2.42 bits per heavy atom. The second-order valence-corrected chi connectivity index (χ2v) is 3.63. The molecule has 0 saturated carbocycles. The lowest BCUT2D eigenvalue weighted by molar-refractivity contribution is -0.144. The summed E-state index contributed by atoms with van der Waals surface area (Å²) >= 11 is 0. The lowest BCUT2D eigenvalue weighted by atomic mass is 9.78. The maximum atomic E-state index is 10.6. The molecule has 0 bridgehead atoms. The van der Waals surface area contributed by atoms with Gasteiger partial charge in [0.1, 0.15) is 6.04 Å². The van der Waals surface area contributed by atoms with Gasteiger partial charge in [-0.3, -0.25) is 4.79 Å². The zero-order valence-corrected chi connectivity index (χ0v) is 7.25. The van der Waals surface area contributed by atoms with Crippen LogP contribution in [-0.2, 0) is 9.53 Å². The second kappa shape index (κ2) is 3.41. The number of hydrogen-bond donors (Lipinski definition) is 2. The number of rotatable bonds is 2. The van der Waals surface area contributed by atoms with Gasteiger partial charge in [0.05, 0.1) is 6.61 Å². The molecule has 1 aliphatic heterocycles. The second-order valence-electron chi connectivity index (χ2n) is 3.63. The van der Waals surface area contributed by atoms with Crippen LogP contribution in [0.15, 0.2) is 0 Å².